The van der Waals surface area contributed by atoms with Gasteiger partial charge in [0, 0.05) is 42.8 Å². The highest BCUT2D eigenvalue weighted by Crippen LogP contribution is 2.28. The summed E-state index contributed by atoms with van der Waals surface area (Å²) in [5.41, 5.74) is -0.623. The number of piperidine rings is 1. The Labute approximate surface area is 216 Å². The van der Waals surface area contributed by atoms with Crippen molar-refractivity contribution in [1.29, 1.82) is 0 Å². The van der Waals surface area contributed by atoms with Crippen molar-refractivity contribution >= 4 is 34.3 Å². The van der Waals surface area contributed by atoms with Crippen molar-refractivity contribution in [2.24, 2.45) is 0 Å². The molecule has 11 heteroatoms. The summed E-state index contributed by atoms with van der Waals surface area (Å²) in [6.45, 7) is 9.70. The molecule has 2 aliphatic rings. The van der Waals surface area contributed by atoms with E-state index >= 15 is 0 Å². The molecule has 2 aromatic heterocycles. The van der Waals surface area contributed by atoms with Crippen LogP contribution in [0.2, 0.25) is 0 Å². The first kappa shape index (κ1) is 26.3. The fourth-order valence-electron chi connectivity index (χ4n) is 4.39. The Bertz CT molecular complexity index is 1050. The number of hydrogen-bond donors (Lipinski definition) is 1. The molecule has 0 radical (unpaired) electrons. The van der Waals surface area contributed by atoms with Gasteiger partial charge < -0.3 is 19.7 Å². The SMILES string of the molecule is CCCc1cnc(Nc2ccnc(C3CCN(C(=O)[C@H]4COCCN4C(=O)OC(C)(C)C)CC3)n2)s1. The Morgan fingerprint density at radius 3 is 2.72 bits per heavy atom. The van der Waals surface area contributed by atoms with Gasteiger partial charge in [-0.15, -0.1) is 11.3 Å². The third-order valence-corrected chi connectivity index (χ3v) is 7.15. The van der Waals surface area contributed by atoms with Gasteiger partial charge in [-0.2, -0.15) is 0 Å². The van der Waals surface area contributed by atoms with Crippen LogP contribution >= 0.6 is 11.3 Å². The second kappa shape index (κ2) is 11.5. The summed E-state index contributed by atoms with van der Waals surface area (Å²) in [6, 6.07) is 1.18. The largest absolute Gasteiger partial charge is 0.444 e. The van der Waals surface area contributed by atoms with Crippen LogP contribution in [-0.4, -0.2) is 81.2 Å². The smallest absolute Gasteiger partial charge is 0.411 e. The van der Waals surface area contributed by atoms with E-state index in [1.54, 1.807) is 17.5 Å². The van der Waals surface area contributed by atoms with Gasteiger partial charge in [0.1, 0.15) is 23.3 Å². The van der Waals surface area contributed by atoms with E-state index in [0.29, 0.717) is 26.2 Å². The maximum absolute atomic E-state index is 13.3. The number of amides is 2. The van der Waals surface area contributed by atoms with Gasteiger partial charge in [-0.1, -0.05) is 13.3 Å². The summed E-state index contributed by atoms with van der Waals surface area (Å²) in [5, 5.41) is 4.12. The molecule has 0 spiro atoms. The normalized spacial score (nSPS) is 19.3. The molecule has 4 rings (SSSR count). The molecule has 0 bridgehead atoms. The zero-order valence-corrected chi connectivity index (χ0v) is 22.3. The third-order valence-electron chi connectivity index (χ3n) is 6.17. The molecule has 1 atom stereocenters. The minimum absolute atomic E-state index is 0.0954. The van der Waals surface area contributed by atoms with Crippen molar-refractivity contribution in [2.45, 2.75) is 70.9 Å². The van der Waals surface area contributed by atoms with Crippen LogP contribution in [0.1, 0.15) is 63.6 Å². The minimum atomic E-state index is -0.662. The lowest BCUT2D eigenvalue weighted by molar-refractivity contribution is -0.143. The number of aromatic nitrogens is 3. The molecule has 2 amide bonds. The molecule has 196 valence electrons. The fraction of sp³-hybridized carbons (Fsp3) is 0.640. The summed E-state index contributed by atoms with van der Waals surface area (Å²) in [7, 11) is 0. The molecular formula is C25H36N6O4S. The average molecular weight is 517 g/mol. The van der Waals surface area contributed by atoms with Crippen LogP contribution in [0.25, 0.3) is 0 Å². The van der Waals surface area contributed by atoms with E-state index < -0.39 is 17.7 Å². The minimum Gasteiger partial charge on any atom is -0.444 e. The number of morpholine rings is 1. The molecule has 4 heterocycles. The van der Waals surface area contributed by atoms with Gasteiger partial charge in [0.25, 0.3) is 0 Å². The Morgan fingerprint density at radius 2 is 2.00 bits per heavy atom. The fourth-order valence-corrected chi connectivity index (χ4v) is 5.31. The average Bonchev–Trinajstić information content (AvgIpc) is 3.30. The number of nitrogens with one attached hydrogen (secondary N) is 1. The quantitative estimate of drug-likeness (QED) is 0.614. The number of rotatable bonds is 6. The van der Waals surface area contributed by atoms with Crippen molar-refractivity contribution in [2.75, 3.05) is 38.2 Å². The number of ether oxygens (including phenoxy) is 2. The number of carbonyl (C=O) groups excluding carboxylic acids is 2. The Kier molecular flexibility index (Phi) is 8.40. The van der Waals surface area contributed by atoms with Crippen LogP contribution in [0.4, 0.5) is 15.7 Å². The van der Waals surface area contributed by atoms with E-state index in [4.69, 9.17) is 14.5 Å². The van der Waals surface area contributed by atoms with E-state index in [-0.39, 0.29) is 18.4 Å². The summed E-state index contributed by atoms with van der Waals surface area (Å²) in [6.07, 6.45) is 6.83. The molecule has 2 aliphatic heterocycles. The first-order valence-corrected chi connectivity index (χ1v) is 13.5. The molecular weight excluding hydrogens is 480 g/mol. The monoisotopic (exact) mass is 516 g/mol. The Hall–Kier alpha value is -2.79. The number of nitrogens with zero attached hydrogens (tertiary/aromatic N) is 5. The maximum Gasteiger partial charge on any atom is 0.411 e. The highest BCUT2D eigenvalue weighted by atomic mass is 32.1. The number of anilines is 2. The highest BCUT2D eigenvalue weighted by Gasteiger charge is 2.39. The molecule has 10 nitrogen and oxygen atoms in total. The summed E-state index contributed by atoms with van der Waals surface area (Å²) in [4.78, 5) is 44.3. The third kappa shape index (κ3) is 6.70. The number of likely N-dealkylation sites (tertiary alicyclic amines) is 1. The first-order chi connectivity index (χ1) is 17.2. The molecule has 0 unspecified atom stereocenters. The lowest BCUT2D eigenvalue weighted by Crippen LogP contribution is -2.58. The van der Waals surface area contributed by atoms with Gasteiger partial charge in [0.2, 0.25) is 5.91 Å². The van der Waals surface area contributed by atoms with Gasteiger partial charge in [-0.25, -0.2) is 19.7 Å². The molecule has 2 fully saturated rings. The molecule has 2 saturated heterocycles. The van der Waals surface area contributed by atoms with E-state index in [9.17, 15) is 9.59 Å². The number of hydrogen-bond acceptors (Lipinski definition) is 9. The molecule has 1 N–H and O–H groups in total. The number of aryl methyl sites for hydroxylation is 1. The predicted molar refractivity (Wildman–Crippen MR) is 138 cm³/mol. The van der Waals surface area contributed by atoms with E-state index in [2.05, 4.69) is 22.2 Å². The van der Waals surface area contributed by atoms with E-state index in [1.807, 2.05) is 37.9 Å². The lowest BCUT2D eigenvalue weighted by atomic mass is 9.95. The van der Waals surface area contributed by atoms with Gasteiger partial charge in [-0.05, 0) is 46.1 Å². The van der Waals surface area contributed by atoms with E-state index in [0.717, 1.165) is 42.5 Å². The van der Waals surface area contributed by atoms with Crippen LogP contribution < -0.4 is 5.32 Å². The van der Waals surface area contributed by atoms with Crippen LogP contribution in [0.15, 0.2) is 18.5 Å². The number of carbonyl (C=O) groups is 2. The van der Waals surface area contributed by atoms with Crippen LogP contribution in [0, 0.1) is 0 Å². The van der Waals surface area contributed by atoms with Crippen molar-refractivity contribution in [3.8, 4) is 0 Å². The highest BCUT2D eigenvalue weighted by molar-refractivity contribution is 7.15. The Morgan fingerprint density at radius 1 is 1.22 bits per heavy atom. The second-order valence-electron chi connectivity index (χ2n) is 10.2. The predicted octanol–water partition coefficient (Wildman–Crippen LogP) is 3.97. The summed E-state index contributed by atoms with van der Waals surface area (Å²) in [5.74, 6) is 1.56. The van der Waals surface area contributed by atoms with Crippen molar-refractivity contribution < 1.29 is 19.1 Å². The zero-order chi connectivity index (χ0) is 25.7. The molecule has 0 aromatic carbocycles. The maximum atomic E-state index is 13.3. The van der Waals surface area contributed by atoms with Gasteiger partial charge in [-0.3, -0.25) is 9.69 Å². The zero-order valence-electron chi connectivity index (χ0n) is 21.5. The lowest BCUT2D eigenvalue weighted by Gasteiger charge is -2.39. The standard InChI is InChI=1S/C25H36N6O4S/c1-5-6-18-15-27-23(36-18)29-20-7-10-26-21(28-20)17-8-11-30(12-9-17)22(32)19-16-34-14-13-31(19)24(33)35-25(2,3)4/h7,10,15,17,19H,5-6,8-9,11-14,16H2,1-4H3,(H,26,27,28,29)/t19-/m1/s1. The summed E-state index contributed by atoms with van der Waals surface area (Å²) >= 11 is 1.64. The van der Waals surface area contributed by atoms with E-state index in [1.165, 1.54) is 9.78 Å². The van der Waals surface area contributed by atoms with Crippen molar-refractivity contribution in [3.05, 3.63) is 29.2 Å². The van der Waals surface area contributed by atoms with Crippen molar-refractivity contribution in [3.63, 3.8) is 0 Å². The molecule has 0 aliphatic carbocycles. The molecule has 2 aromatic rings. The molecule has 36 heavy (non-hydrogen) atoms. The molecule has 0 saturated carbocycles. The van der Waals surface area contributed by atoms with Gasteiger partial charge in [0.15, 0.2) is 5.13 Å². The first-order valence-electron chi connectivity index (χ1n) is 12.6. The number of thiazole rings is 1. The van der Waals surface area contributed by atoms with Crippen LogP contribution in [0.3, 0.4) is 0 Å². The van der Waals surface area contributed by atoms with Crippen LogP contribution in [0.5, 0.6) is 0 Å². The van der Waals surface area contributed by atoms with Gasteiger partial charge >= 0.3 is 6.09 Å². The Balaban J connectivity index is 1.34. The second-order valence-corrected chi connectivity index (χ2v) is 11.3. The van der Waals surface area contributed by atoms with Gasteiger partial charge in [0.05, 0.1) is 13.2 Å². The van der Waals surface area contributed by atoms with Crippen molar-refractivity contribution in [1.82, 2.24) is 24.8 Å². The van der Waals surface area contributed by atoms with Crippen LogP contribution in [-0.2, 0) is 20.7 Å². The topological polar surface area (TPSA) is 110 Å². The summed E-state index contributed by atoms with van der Waals surface area (Å²) < 4.78 is 11.1.